The molecule has 146 valence electrons. The molecule has 0 radical (unpaired) electrons. The van der Waals surface area contributed by atoms with E-state index in [4.69, 9.17) is 16.6 Å². The molecule has 0 unspecified atom stereocenters. The molecule has 0 saturated carbocycles. The first-order chi connectivity index (χ1) is 14.2. The number of benzene rings is 2. The Labute approximate surface area is 175 Å². The van der Waals surface area contributed by atoms with E-state index in [1.165, 1.54) is 0 Å². The SMILES string of the molecule is CN1CCN(c2ncnc3c2c(-c2ccccc2)cn3-c2cccc(Cl)c2)CC1. The number of hydrogen-bond donors (Lipinski definition) is 0. The van der Waals surface area contributed by atoms with Crippen molar-refractivity contribution in [3.63, 3.8) is 0 Å². The summed E-state index contributed by atoms with van der Waals surface area (Å²) in [6.45, 7) is 3.97. The quantitative estimate of drug-likeness (QED) is 0.505. The molecule has 2 aromatic heterocycles. The number of aromatic nitrogens is 3. The van der Waals surface area contributed by atoms with E-state index in [1.807, 2.05) is 24.3 Å². The predicted octanol–water partition coefficient (Wildman–Crippen LogP) is 4.49. The van der Waals surface area contributed by atoms with Gasteiger partial charge in [0.1, 0.15) is 12.1 Å². The zero-order valence-electron chi connectivity index (χ0n) is 16.3. The van der Waals surface area contributed by atoms with Crippen LogP contribution in [0.2, 0.25) is 5.02 Å². The lowest BCUT2D eigenvalue weighted by molar-refractivity contribution is 0.312. The molecule has 1 aliphatic heterocycles. The van der Waals surface area contributed by atoms with E-state index in [2.05, 4.69) is 62.9 Å². The van der Waals surface area contributed by atoms with Gasteiger partial charge in [-0.25, -0.2) is 9.97 Å². The Bertz CT molecular complexity index is 1150. The van der Waals surface area contributed by atoms with Crippen LogP contribution in [0, 0.1) is 0 Å². The van der Waals surface area contributed by atoms with Crippen molar-refractivity contribution in [1.82, 2.24) is 19.4 Å². The van der Waals surface area contributed by atoms with E-state index in [0.717, 1.165) is 59.8 Å². The van der Waals surface area contributed by atoms with Gasteiger partial charge in [-0.05, 0) is 30.8 Å². The molecule has 1 aliphatic rings. The van der Waals surface area contributed by atoms with Crippen molar-refractivity contribution in [3.05, 3.63) is 72.1 Å². The van der Waals surface area contributed by atoms with E-state index in [9.17, 15) is 0 Å². The molecule has 5 rings (SSSR count). The predicted molar refractivity (Wildman–Crippen MR) is 119 cm³/mol. The fraction of sp³-hybridized carbons (Fsp3) is 0.217. The third-order valence-corrected chi connectivity index (χ3v) is 5.77. The molecule has 29 heavy (non-hydrogen) atoms. The Morgan fingerprint density at radius 2 is 1.69 bits per heavy atom. The molecule has 0 N–H and O–H groups in total. The third kappa shape index (κ3) is 3.37. The van der Waals surface area contributed by atoms with Gasteiger partial charge >= 0.3 is 0 Å². The number of rotatable bonds is 3. The average Bonchev–Trinajstić information content (AvgIpc) is 3.15. The van der Waals surface area contributed by atoms with Crippen LogP contribution in [0.3, 0.4) is 0 Å². The van der Waals surface area contributed by atoms with Gasteiger partial charge in [-0.1, -0.05) is 48.0 Å². The second kappa shape index (κ2) is 7.50. The number of anilines is 1. The summed E-state index contributed by atoms with van der Waals surface area (Å²) in [6.07, 6.45) is 3.83. The molecule has 4 aromatic rings. The molecule has 5 nitrogen and oxygen atoms in total. The third-order valence-electron chi connectivity index (χ3n) is 5.54. The Hall–Kier alpha value is -2.89. The highest BCUT2D eigenvalue weighted by Crippen LogP contribution is 2.37. The Balaban J connectivity index is 1.75. The number of halogens is 1. The topological polar surface area (TPSA) is 37.2 Å². The minimum Gasteiger partial charge on any atom is -0.353 e. The highest BCUT2D eigenvalue weighted by Gasteiger charge is 2.23. The van der Waals surface area contributed by atoms with Crippen LogP contribution in [0.25, 0.3) is 27.8 Å². The maximum absolute atomic E-state index is 6.28. The summed E-state index contributed by atoms with van der Waals surface area (Å²) in [5.41, 5.74) is 4.18. The van der Waals surface area contributed by atoms with Gasteiger partial charge in [-0.2, -0.15) is 0 Å². The van der Waals surface area contributed by atoms with Crippen LogP contribution < -0.4 is 4.90 Å². The van der Waals surface area contributed by atoms with Gasteiger partial charge < -0.3 is 14.4 Å². The molecule has 0 aliphatic carbocycles. The molecule has 2 aromatic carbocycles. The molecule has 0 amide bonds. The zero-order valence-corrected chi connectivity index (χ0v) is 17.0. The molecule has 1 saturated heterocycles. The summed E-state index contributed by atoms with van der Waals surface area (Å²) in [4.78, 5) is 14.1. The molecular weight excluding hydrogens is 382 g/mol. The van der Waals surface area contributed by atoms with Gasteiger partial charge in [0.05, 0.1) is 5.39 Å². The van der Waals surface area contributed by atoms with Gasteiger partial charge in [0.2, 0.25) is 0 Å². The second-order valence-electron chi connectivity index (χ2n) is 7.44. The van der Waals surface area contributed by atoms with Gasteiger partial charge in [0.15, 0.2) is 5.65 Å². The number of fused-ring (bicyclic) bond motifs is 1. The van der Waals surface area contributed by atoms with Crippen molar-refractivity contribution < 1.29 is 0 Å². The molecule has 0 spiro atoms. The van der Waals surface area contributed by atoms with E-state index >= 15 is 0 Å². The van der Waals surface area contributed by atoms with E-state index in [-0.39, 0.29) is 0 Å². The summed E-state index contributed by atoms with van der Waals surface area (Å²) in [5.74, 6) is 1.00. The van der Waals surface area contributed by atoms with Crippen molar-refractivity contribution in [2.24, 2.45) is 0 Å². The molecule has 3 heterocycles. The van der Waals surface area contributed by atoms with Crippen LogP contribution >= 0.6 is 11.6 Å². The molecular formula is C23H22ClN5. The highest BCUT2D eigenvalue weighted by atomic mass is 35.5. The lowest BCUT2D eigenvalue weighted by Crippen LogP contribution is -2.44. The average molecular weight is 404 g/mol. The number of hydrogen-bond acceptors (Lipinski definition) is 4. The molecule has 0 bridgehead atoms. The Morgan fingerprint density at radius 1 is 0.897 bits per heavy atom. The van der Waals surface area contributed by atoms with Crippen LogP contribution in [0.1, 0.15) is 0 Å². The fourth-order valence-electron chi connectivity index (χ4n) is 3.96. The monoisotopic (exact) mass is 403 g/mol. The first-order valence-corrected chi connectivity index (χ1v) is 10.2. The maximum Gasteiger partial charge on any atom is 0.150 e. The Morgan fingerprint density at radius 3 is 2.45 bits per heavy atom. The number of likely N-dealkylation sites (N-methyl/N-ethyl adjacent to an activating group) is 1. The summed E-state index contributed by atoms with van der Waals surface area (Å²) in [6, 6.07) is 18.3. The fourth-order valence-corrected chi connectivity index (χ4v) is 4.15. The van der Waals surface area contributed by atoms with E-state index < -0.39 is 0 Å². The summed E-state index contributed by atoms with van der Waals surface area (Å²) < 4.78 is 2.12. The molecule has 6 heteroatoms. The highest BCUT2D eigenvalue weighted by molar-refractivity contribution is 6.30. The summed E-state index contributed by atoms with van der Waals surface area (Å²) >= 11 is 6.28. The first kappa shape index (κ1) is 18.2. The first-order valence-electron chi connectivity index (χ1n) is 9.81. The van der Waals surface area contributed by atoms with Crippen molar-refractivity contribution in [3.8, 4) is 16.8 Å². The minimum atomic E-state index is 0.707. The van der Waals surface area contributed by atoms with Gasteiger partial charge in [-0.15, -0.1) is 0 Å². The van der Waals surface area contributed by atoms with E-state index in [1.54, 1.807) is 6.33 Å². The van der Waals surface area contributed by atoms with Crippen LogP contribution in [0.4, 0.5) is 5.82 Å². The number of nitrogens with zero attached hydrogens (tertiary/aromatic N) is 5. The zero-order chi connectivity index (χ0) is 19.8. The van der Waals surface area contributed by atoms with Crippen LogP contribution in [0.15, 0.2) is 67.1 Å². The van der Waals surface area contributed by atoms with Crippen molar-refractivity contribution >= 4 is 28.5 Å². The number of piperazine rings is 1. The summed E-state index contributed by atoms with van der Waals surface area (Å²) in [5, 5.41) is 1.79. The Kier molecular flexibility index (Phi) is 4.70. The van der Waals surface area contributed by atoms with Gasteiger partial charge in [0, 0.05) is 48.6 Å². The standard InChI is InChI=1S/C23H22ClN5/c1-27-10-12-28(13-11-27)22-21-20(17-6-3-2-4-7-17)15-29(23(21)26-16-25-22)19-9-5-8-18(24)14-19/h2-9,14-16H,10-13H2,1H3. The lowest BCUT2D eigenvalue weighted by atomic mass is 10.1. The van der Waals surface area contributed by atoms with Gasteiger partial charge in [-0.3, -0.25) is 0 Å². The molecule has 1 fully saturated rings. The van der Waals surface area contributed by atoms with E-state index in [0.29, 0.717) is 5.02 Å². The second-order valence-corrected chi connectivity index (χ2v) is 7.88. The van der Waals surface area contributed by atoms with Crippen LogP contribution in [0.5, 0.6) is 0 Å². The van der Waals surface area contributed by atoms with Crippen LogP contribution in [-0.4, -0.2) is 52.7 Å². The van der Waals surface area contributed by atoms with Crippen molar-refractivity contribution in [2.45, 2.75) is 0 Å². The van der Waals surface area contributed by atoms with Crippen LogP contribution in [-0.2, 0) is 0 Å². The lowest BCUT2D eigenvalue weighted by Gasteiger charge is -2.33. The van der Waals surface area contributed by atoms with Crippen molar-refractivity contribution in [2.75, 3.05) is 38.1 Å². The maximum atomic E-state index is 6.28. The minimum absolute atomic E-state index is 0.707. The normalized spacial score (nSPS) is 15.2. The van der Waals surface area contributed by atoms with Gasteiger partial charge in [0.25, 0.3) is 0 Å². The van der Waals surface area contributed by atoms with Crippen molar-refractivity contribution in [1.29, 1.82) is 0 Å². The smallest absolute Gasteiger partial charge is 0.150 e. The largest absolute Gasteiger partial charge is 0.353 e. The molecule has 0 atom stereocenters. The summed E-state index contributed by atoms with van der Waals surface area (Å²) in [7, 11) is 2.16.